The molecule has 2 aromatic rings. The highest BCUT2D eigenvalue weighted by Gasteiger charge is 2.18. The van der Waals surface area contributed by atoms with Crippen LogP contribution in [0.3, 0.4) is 0 Å². The van der Waals surface area contributed by atoms with Crippen LogP contribution in [0.2, 0.25) is 5.02 Å². The van der Waals surface area contributed by atoms with E-state index in [4.69, 9.17) is 11.6 Å². The molecular weight excluding hydrogens is 334 g/mol. The zero-order valence-electron chi connectivity index (χ0n) is 12.1. The van der Waals surface area contributed by atoms with Gasteiger partial charge in [-0.05, 0) is 42.3 Å². The molecule has 0 bridgehead atoms. The van der Waals surface area contributed by atoms with Crippen molar-refractivity contribution in [3.05, 3.63) is 64.2 Å². The van der Waals surface area contributed by atoms with Gasteiger partial charge in [-0.2, -0.15) is 0 Å². The molecule has 0 saturated carbocycles. The summed E-state index contributed by atoms with van der Waals surface area (Å²) < 4.78 is 0.507. The van der Waals surface area contributed by atoms with E-state index in [1.54, 1.807) is 6.07 Å². The third-order valence-electron chi connectivity index (χ3n) is 3.50. The minimum absolute atomic E-state index is 0.113. The zero-order chi connectivity index (χ0) is 15.5. The average molecular weight is 350 g/mol. The molecule has 1 aliphatic heterocycles. The van der Waals surface area contributed by atoms with E-state index in [1.165, 1.54) is 17.1 Å². The molecule has 1 amide bonds. The summed E-state index contributed by atoms with van der Waals surface area (Å²) in [6.45, 7) is 1.94. The number of anilines is 1. The lowest BCUT2D eigenvalue weighted by Crippen LogP contribution is -2.11. The van der Waals surface area contributed by atoms with E-state index in [9.17, 15) is 4.79 Å². The lowest BCUT2D eigenvalue weighted by molar-refractivity contribution is 0.102. The lowest BCUT2D eigenvalue weighted by Gasteiger charge is -2.10. The molecule has 1 fully saturated rings. The Morgan fingerprint density at radius 3 is 2.45 bits per heavy atom. The number of carbonyl (C=O) groups excluding carboxylic acids is 1. The third-order valence-corrected chi connectivity index (χ3v) is 7.01. The zero-order valence-corrected chi connectivity index (χ0v) is 14.5. The van der Waals surface area contributed by atoms with Gasteiger partial charge in [-0.3, -0.25) is 4.79 Å². The Morgan fingerprint density at radius 1 is 1.14 bits per heavy atom. The number of amides is 1. The molecule has 3 rings (SSSR count). The predicted molar refractivity (Wildman–Crippen MR) is 98.2 cm³/mol. The SMILES string of the molecule is Cc1ccc(NC(=O)c2ccc(C3SCCS3)cc2)cc1Cl. The Kier molecular flexibility index (Phi) is 5.01. The van der Waals surface area contributed by atoms with Crippen LogP contribution in [-0.4, -0.2) is 17.4 Å². The molecule has 0 radical (unpaired) electrons. The van der Waals surface area contributed by atoms with Crippen LogP contribution in [-0.2, 0) is 0 Å². The molecule has 0 spiro atoms. The van der Waals surface area contributed by atoms with Gasteiger partial charge in [0.05, 0.1) is 4.58 Å². The van der Waals surface area contributed by atoms with Gasteiger partial charge in [-0.1, -0.05) is 29.8 Å². The molecule has 0 atom stereocenters. The van der Waals surface area contributed by atoms with Crippen molar-refractivity contribution in [3.8, 4) is 0 Å². The van der Waals surface area contributed by atoms with Crippen molar-refractivity contribution in [2.24, 2.45) is 0 Å². The average Bonchev–Trinajstić information content (AvgIpc) is 3.05. The maximum Gasteiger partial charge on any atom is 0.255 e. The topological polar surface area (TPSA) is 29.1 Å². The van der Waals surface area contributed by atoms with Crippen molar-refractivity contribution >= 4 is 46.7 Å². The fourth-order valence-corrected chi connectivity index (χ4v) is 5.26. The Hall–Kier alpha value is -1.10. The summed E-state index contributed by atoms with van der Waals surface area (Å²) in [5, 5.41) is 3.54. The normalized spacial score (nSPS) is 15.0. The lowest BCUT2D eigenvalue weighted by atomic mass is 10.1. The van der Waals surface area contributed by atoms with Crippen molar-refractivity contribution in [2.45, 2.75) is 11.5 Å². The number of carbonyl (C=O) groups is 1. The number of rotatable bonds is 3. The standard InChI is InChI=1S/C17H16ClNOS2/c1-11-2-7-14(10-15(11)18)19-16(20)12-3-5-13(6-4-12)17-21-8-9-22-17/h2-7,10,17H,8-9H2,1H3,(H,19,20). The predicted octanol–water partition coefficient (Wildman–Crippen LogP) is 5.38. The summed E-state index contributed by atoms with van der Waals surface area (Å²) in [5.74, 6) is 2.29. The summed E-state index contributed by atoms with van der Waals surface area (Å²) in [6.07, 6.45) is 0. The Bertz CT molecular complexity index is 682. The molecule has 22 heavy (non-hydrogen) atoms. The van der Waals surface area contributed by atoms with Crippen LogP contribution in [0.5, 0.6) is 0 Å². The second-order valence-electron chi connectivity index (χ2n) is 5.11. The van der Waals surface area contributed by atoms with E-state index in [-0.39, 0.29) is 5.91 Å². The Balaban J connectivity index is 1.70. The van der Waals surface area contributed by atoms with Crippen LogP contribution >= 0.6 is 35.1 Å². The van der Waals surface area contributed by atoms with Crippen LogP contribution in [0, 0.1) is 6.92 Å². The van der Waals surface area contributed by atoms with E-state index in [0.29, 0.717) is 20.9 Å². The van der Waals surface area contributed by atoms with E-state index in [1.807, 2.05) is 66.8 Å². The van der Waals surface area contributed by atoms with Gasteiger partial charge in [-0.25, -0.2) is 0 Å². The first-order valence-electron chi connectivity index (χ1n) is 7.04. The quantitative estimate of drug-likeness (QED) is 0.806. The Morgan fingerprint density at radius 2 is 1.82 bits per heavy atom. The van der Waals surface area contributed by atoms with Crippen molar-refractivity contribution in [3.63, 3.8) is 0 Å². The Labute approximate surface area is 144 Å². The summed E-state index contributed by atoms with van der Waals surface area (Å²) in [5.41, 5.74) is 3.65. The molecule has 0 aliphatic carbocycles. The maximum absolute atomic E-state index is 12.3. The highest BCUT2D eigenvalue weighted by molar-refractivity contribution is 8.19. The summed E-state index contributed by atoms with van der Waals surface area (Å²) in [7, 11) is 0. The van der Waals surface area contributed by atoms with E-state index >= 15 is 0 Å². The second-order valence-corrected chi connectivity index (χ2v) is 8.25. The molecule has 0 unspecified atom stereocenters. The number of aryl methyl sites for hydroxylation is 1. The molecule has 1 N–H and O–H groups in total. The first-order valence-corrected chi connectivity index (χ1v) is 9.52. The number of hydrogen-bond donors (Lipinski definition) is 1. The number of thioether (sulfide) groups is 2. The molecule has 1 saturated heterocycles. The fourth-order valence-electron chi connectivity index (χ4n) is 2.22. The number of nitrogens with one attached hydrogen (secondary N) is 1. The van der Waals surface area contributed by atoms with Gasteiger partial charge in [0.25, 0.3) is 5.91 Å². The molecule has 5 heteroatoms. The van der Waals surface area contributed by atoms with Gasteiger partial charge in [0.1, 0.15) is 0 Å². The monoisotopic (exact) mass is 349 g/mol. The molecule has 1 heterocycles. The van der Waals surface area contributed by atoms with Gasteiger partial charge >= 0.3 is 0 Å². The maximum atomic E-state index is 12.3. The number of halogens is 1. The van der Waals surface area contributed by atoms with Crippen molar-refractivity contribution in [1.82, 2.24) is 0 Å². The van der Waals surface area contributed by atoms with Gasteiger partial charge in [0.15, 0.2) is 0 Å². The van der Waals surface area contributed by atoms with Crippen LogP contribution in [0.15, 0.2) is 42.5 Å². The van der Waals surface area contributed by atoms with Crippen LogP contribution in [0.1, 0.15) is 26.1 Å². The summed E-state index contributed by atoms with van der Waals surface area (Å²) >= 11 is 10.0. The van der Waals surface area contributed by atoms with Gasteiger partial charge in [0.2, 0.25) is 0 Å². The largest absolute Gasteiger partial charge is 0.322 e. The number of hydrogen-bond acceptors (Lipinski definition) is 3. The first-order chi connectivity index (χ1) is 10.6. The van der Waals surface area contributed by atoms with E-state index in [2.05, 4.69) is 5.32 Å². The van der Waals surface area contributed by atoms with Crippen LogP contribution in [0.4, 0.5) is 5.69 Å². The highest BCUT2D eigenvalue weighted by atomic mass is 35.5. The third kappa shape index (κ3) is 3.62. The fraction of sp³-hybridized carbons (Fsp3) is 0.235. The molecule has 2 aromatic carbocycles. The van der Waals surface area contributed by atoms with Gasteiger partial charge in [0, 0.05) is 27.8 Å². The van der Waals surface area contributed by atoms with Crippen LogP contribution < -0.4 is 5.32 Å². The number of benzene rings is 2. The summed E-state index contributed by atoms with van der Waals surface area (Å²) in [4.78, 5) is 12.3. The molecular formula is C17H16ClNOS2. The first kappa shape index (κ1) is 15.8. The molecule has 0 aromatic heterocycles. The van der Waals surface area contributed by atoms with Gasteiger partial charge in [-0.15, -0.1) is 23.5 Å². The molecule has 114 valence electrons. The smallest absolute Gasteiger partial charge is 0.255 e. The van der Waals surface area contributed by atoms with Crippen LogP contribution in [0.25, 0.3) is 0 Å². The molecule has 2 nitrogen and oxygen atoms in total. The van der Waals surface area contributed by atoms with Gasteiger partial charge < -0.3 is 5.32 Å². The van der Waals surface area contributed by atoms with Crippen molar-refractivity contribution in [1.29, 1.82) is 0 Å². The minimum atomic E-state index is -0.113. The minimum Gasteiger partial charge on any atom is -0.322 e. The second kappa shape index (κ2) is 6.99. The van der Waals surface area contributed by atoms with E-state index < -0.39 is 0 Å². The van der Waals surface area contributed by atoms with Crippen molar-refractivity contribution in [2.75, 3.05) is 16.8 Å². The highest BCUT2D eigenvalue weighted by Crippen LogP contribution is 2.45. The van der Waals surface area contributed by atoms with E-state index in [0.717, 1.165) is 5.56 Å². The molecule has 1 aliphatic rings. The van der Waals surface area contributed by atoms with Crippen molar-refractivity contribution < 1.29 is 4.79 Å². The summed E-state index contributed by atoms with van der Waals surface area (Å²) in [6, 6.07) is 13.4.